The molecule has 5 heteroatoms. The monoisotopic (exact) mass is 287 g/mol. The molecule has 0 unspecified atom stereocenters. The van der Waals surface area contributed by atoms with Crippen LogP contribution in [0.15, 0.2) is 36.9 Å². The van der Waals surface area contributed by atoms with E-state index in [1.54, 1.807) is 24.3 Å². The number of nitrogens with zero attached hydrogens (tertiary/aromatic N) is 1. The molecule has 0 aliphatic carbocycles. The Balaban J connectivity index is 1.75. The normalized spacial score (nSPS) is 13.4. The van der Waals surface area contributed by atoms with E-state index in [4.69, 9.17) is 4.84 Å². The first-order valence-corrected chi connectivity index (χ1v) is 6.91. The second-order valence-electron chi connectivity index (χ2n) is 4.76. The zero-order chi connectivity index (χ0) is 15.2. The van der Waals surface area contributed by atoms with E-state index < -0.39 is 11.8 Å². The largest absolute Gasteiger partial charge is 0.295 e. The zero-order valence-corrected chi connectivity index (χ0v) is 11.7. The summed E-state index contributed by atoms with van der Waals surface area (Å²) in [4.78, 5) is 40.3. The summed E-state index contributed by atoms with van der Waals surface area (Å²) in [5, 5.41) is 0.819. The van der Waals surface area contributed by atoms with Crippen molar-refractivity contribution in [1.29, 1.82) is 0 Å². The van der Waals surface area contributed by atoms with Crippen molar-refractivity contribution in [2.24, 2.45) is 0 Å². The van der Waals surface area contributed by atoms with Gasteiger partial charge in [-0.25, -0.2) is 0 Å². The molecule has 0 radical (unpaired) electrons. The van der Waals surface area contributed by atoms with E-state index in [2.05, 4.69) is 6.58 Å². The van der Waals surface area contributed by atoms with Gasteiger partial charge in [0.2, 0.25) is 0 Å². The average Bonchev–Trinajstić information content (AvgIpc) is 2.75. The van der Waals surface area contributed by atoms with E-state index in [1.807, 2.05) is 0 Å². The van der Waals surface area contributed by atoms with Crippen molar-refractivity contribution in [2.75, 3.05) is 6.61 Å². The Hall–Kier alpha value is -2.27. The smallest absolute Gasteiger partial charge is 0.285 e. The van der Waals surface area contributed by atoms with Gasteiger partial charge >= 0.3 is 0 Å². The lowest BCUT2D eigenvalue weighted by molar-refractivity contribution is -0.114. The van der Waals surface area contributed by atoms with Crippen molar-refractivity contribution < 1.29 is 19.2 Å². The summed E-state index contributed by atoms with van der Waals surface area (Å²) in [6.07, 6.45) is 4.00. The van der Waals surface area contributed by atoms with E-state index in [-0.39, 0.29) is 12.4 Å². The van der Waals surface area contributed by atoms with Crippen molar-refractivity contribution >= 4 is 17.6 Å². The third-order valence-corrected chi connectivity index (χ3v) is 3.27. The molecule has 1 aromatic carbocycles. The number of hydroxylamine groups is 2. The van der Waals surface area contributed by atoms with Gasteiger partial charge in [0.25, 0.3) is 11.8 Å². The Bertz CT molecular complexity index is 544. The van der Waals surface area contributed by atoms with Crippen LogP contribution in [0, 0.1) is 0 Å². The maximum absolute atomic E-state index is 12.0. The number of allylic oxidation sites excluding steroid dienone is 1. The number of carbonyl (C=O) groups excluding carboxylic acids is 3. The summed E-state index contributed by atoms with van der Waals surface area (Å²) in [6, 6.07) is 6.65. The van der Waals surface area contributed by atoms with Crippen LogP contribution in [0.2, 0.25) is 0 Å². The van der Waals surface area contributed by atoms with Crippen molar-refractivity contribution in [3.05, 3.63) is 48.0 Å². The molecular weight excluding hydrogens is 270 g/mol. The van der Waals surface area contributed by atoms with Crippen LogP contribution in [-0.2, 0) is 9.63 Å². The van der Waals surface area contributed by atoms with Crippen LogP contribution in [0.5, 0.6) is 0 Å². The summed E-state index contributed by atoms with van der Waals surface area (Å²) in [6.45, 7) is 3.68. The number of fused-ring (bicyclic) bond motifs is 1. The molecule has 0 saturated heterocycles. The topological polar surface area (TPSA) is 63.7 Å². The lowest BCUT2D eigenvalue weighted by atomic mass is 10.1. The van der Waals surface area contributed by atoms with Crippen LogP contribution in [0.4, 0.5) is 0 Å². The number of ketones is 1. The van der Waals surface area contributed by atoms with E-state index in [9.17, 15) is 14.4 Å². The lowest BCUT2D eigenvalue weighted by Crippen LogP contribution is -2.30. The van der Waals surface area contributed by atoms with Gasteiger partial charge in [0.05, 0.1) is 17.7 Å². The number of imide groups is 1. The predicted molar refractivity (Wildman–Crippen MR) is 76.6 cm³/mol. The highest BCUT2D eigenvalue weighted by molar-refractivity contribution is 6.20. The maximum Gasteiger partial charge on any atom is 0.285 e. The zero-order valence-electron chi connectivity index (χ0n) is 11.7. The highest BCUT2D eigenvalue weighted by Crippen LogP contribution is 2.22. The summed E-state index contributed by atoms with van der Waals surface area (Å²) in [5.74, 6) is -0.814. The van der Waals surface area contributed by atoms with Gasteiger partial charge in [-0.05, 0) is 31.1 Å². The molecule has 0 spiro atoms. The molecule has 0 fully saturated rings. The van der Waals surface area contributed by atoms with Crippen LogP contribution >= 0.6 is 0 Å². The standard InChI is InChI=1S/C16H17NO4/c1-2-12(18)8-4-3-7-11-21-17-15(19)13-9-5-6-10-14(13)16(17)20/h2,5-6,9-10H,1,3-4,7-8,11H2. The molecule has 0 atom stereocenters. The number of hydrogen-bond donors (Lipinski definition) is 0. The van der Waals surface area contributed by atoms with Gasteiger partial charge in [-0.3, -0.25) is 19.2 Å². The second kappa shape index (κ2) is 6.95. The van der Waals surface area contributed by atoms with Gasteiger partial charge in [0.1, 0.15) is 0 Å². The van der Waals surface area contributed by atoms with Crippen LogP contribution in [-0.4, -0.2) is 29.3 Å². The van der Waals surface area contributed by atoms with E-state index in [0.717, 1.165) is 17.9 Å². The lowest BCUT2D eigenvalue weighted by Gasteiger charge is -2.12. The molecule has 0 aromatic heterocycles. The number of unbranched alkanes of at least 4 members (excludes halogenated alkanes) is 2. The third kappa shape index (κ3) is 3.44. The van der Waals surface area contributed by atoms with Crippen LogP contribution in [0.3, 0.4) is 0 Å². The number of amides is 2. The van der Waals surface area contributed by atoms with Gasteiger partial charge in [0.15, 0.2) is 5.78 Å². The first kappa shape index (κ1) is 15.1. The molecule has 2 rings (SSSR count). The fourth-order valence-corrected chi connectivity index (χ4v) is 2.12. The van der Waals surface area contributed by atoms with Crippen molar-refractivity contribution in [2.45, 2.75) is 25.7 Å². The van der Waals surface area contributed by atoms with Gasteiger partial charge < -0.3 is 0 Å². The Kier molecular flexibility index (Phi) is 5.00. The molecule has 110 valence electrons. The second-order valence-corrected chi connectivity index (χ2v) is 4.76. The first-order chi connectivity index (χ1) is 10.1. The summed E-state index contributed by atoms with van der Waals surface area (Å²) in [7, 11) is 0. The Labute approximate surface area is 123 Å². The highest BCUT2D eigenvalue weighted by atomic mass is 16.7. The highest BCUT2D eigenvalue weighted by Gasteiger charge is 2.36. The minimum atomic E-state index is -0.419. The summed E-state index contributed by atoms with van der Waals surface area (Å²) < 4.78 is 0. The fourth-order valence-electron chi connectivity index (χ4n) is 2.12. The molecule has 1 aliphatic rings. The number of rotatable bonds is 8. The van der Waals surface area contributed by atoms with Gasteiger partial charge in [-0.15, -0.1) is 5.06 Å². The molecule has 21 heavy (non-hydrogen) atoms. The van der Waals surface area contributed by atoms with Crippen LogP contribution in [0.25, 0.3) is 0 Å². The number of benzene rings is 1. The van der Waals surface area contributed by atoms with E-state index in [0.29, 0.717) is 24.0 Å². The Morgan fingerprint density at radius 3 is 2.29 bits per heavy atom. The predicted octanol–water partition coefficient (Wildman–Crippen LogP) is 2.53. The summed E-state index contributed by atoms with van der Waals surface area (Å²) in [5.41, 5.74) is 0.748. The van der Waals surface area contributed by atoms with Crippen molar-refractivity contribution in [3.63, 3.8) is 0 Å². The molecule has 1 heterocycles. The van der Waals surface area contributed by atoms with Crippen molar-refractivity contribution in [1.82, 2.24) is 5.06 Å². The maximum atomic E-state index is 12.0. The Morgan fingerprint density at radius 2 is 1.71 bits per heavy atom. The number of carbonyl (C=O) groups is 3. The molecule has 1 aromatic rings. The number of hydrogen-bond acceptors (Lipinski definition) is 4. The first-order valence-electron chi connectivity index (χ1n) is 6.91. The average molecular weight is 287 g/mol. The molecule has 2 amide bonds. The molecule has 1 aliphatic heterocycles. The van der Waals surface area contributed by atoms with Crippen LogP contribution < -0.4 is 0 Å². The third-order valence-electron chi connectivity index (χ3n) is 3.27. The van der Waals surface area contributed by atoms with Crippen molar-refractivity contribution in [3.8, 4) is 0 Å². The minimum absolute atomic E-state index is 0.0243. The van der Waals surface area contributed by atoms with E-state index in [1.165, 1.54) is 6.08 Å². The SMILES string of the molecule is C=CC(=O)CCCCCON1C(=O)c2ccccc2C1=O. The minimum Gasteiger partial charge on any atom is -0.295 e. The van der Waals surface area contributed by atoms with E-state index >= 15 is 0 Å². The van der Waals surface area contributed by atoms with Gasteiger partial charge in [-0.2, -0.15) is 0 Å². The van der Waals surface area contributed by atoms with Gasteiger partial charge in [0, 0.05) is 6.42 Å². The van der Waals surface area contributed by atoms with Gasteiger partial charge in [-0.1, -0.05) is 25.1 Å². The summed E-state index contributed by atoms with van der Waals surface area (Å²) >= 11 is 0. The quantitative estimate of drug-likeness (QED) is 0.419. The van der Waals surface area contributed by atoms with Crippen LogP contribution in [0.1, 0.15) is 46.4 Å². The fraction of sp³-hybridized carbons (Fsp3) is 0.312. The molecular formula is C16H17NO4. The molecule has 0 bridgehead atoms. The molecule has 5 nitrogen and oxygen atoms in total. The molecule has 0 saturated carbocycles. The Morgan fingerprint density at radius 1 is 1.10 bits per heavy atom. The molecule has 0 N–H and O–H groups in total.